The predicted molar refractivity (Wildman–Crippen MR) is 66.1 cm³/mol. The van der Waals surface area contributed by atoms with Gasteiger partial charge < -0.3 is 15.8 Å². The van der Waals surface area contributed by atoms with Crippen molar-refractivity contribution < 1.29 is 4.74 Å². The maximum atomic E-state index is 5.90. The van der Waals surface area contributed by atoms with Crippen LogP contribution in [0.1, 0.15) is 47.0 Å². The van der Waals surface area contributed by atoms with Crippen molar-refractivity contribution in [3.63, 3.8) is 0 Å². The van der Waals surface area contributed by atoms with Gasteiger partial charge >= 0.3 is 0 Å². The Morgan fingerprint density at radius 3 is 2.20 bits per heavy atom. The Bertz CT molecular complexity index is 161. The van der Waals surface area contributed by atoms with Gasteiger partial charge in [-0.2, -0.15) is 0 Å². The number of ether oxygens (including phenoxy) is 1. The zero-order valence-corrected chi connectivity index (χ0v) is 11.0. The molecule has 0 aliphatic rings. The van der Waals surface area contributed by atoms with Crippen molar-refractivity contribution in [2.24, 2.45) is 5.73 Å². The first-order valence-corrected chi connectivity index (χ1v) is 5.84. The molecule has 0 unspecified atom stereocenters. The molecule has 3 nitrogen and oxygen atoms in total. The zero-order valence-electron chi connectivity index (χ0n) is 11.0. The summed E-state index contributed by atoms with van der Waals surface area (Å²) in [5, 5.41) is 3.15. The Morgan fingerprint density at radius 1 is 1.13 bits per heavy atom. The topological polar surface area (TPSA) is 47.3 Å². The van der Waals surface area contributed by atoms with Crippen LogP contribution in [0, 0.1) is 0 Å². The zero-order chi connectivity index (χ0) is 11.9. The van der Waals surface area contributed by atoms with Crippen molar-refractivity contribution in [3.05, 3.63) is 0 Å². The number of nitrogens with one attached hydrogen (secondary N) is 1. The van der Waals surface area contributed by atoms with Gasteiger partial charge in [0.15, 0.2) is 0 Å². The Kier molecular flexibility index (Phi) is 6.41. The Labute approximate surface area is 94.8 Å². The van der Waals surface area contributed by atoms with Crippen molar-refractivity contribution in [2.75, 3.05) is 20.2 Å². The van der Waals surface area contributed by atoms with E-state index in [4.69, 9.17) is 10.5 Å². The summed E-state index contributed by atoms with van der Waals surface area (Å²) < 4.78 is 5.84. The van der Waals surface area contributed by atoms with Gasteiger partial charge in [-0.25, -0.2) is 0 Å². The lowest BCUT2D eigenvalue weighted by Crippen LogP contribution is -2.35. The van der Waals surface area contributed by atoms with Gasteiger partial charge in [-0.15, -0.1) is 0 Å². The standard InChI is InChI=1S/C12H28N2O/c1-11(2,13)8-10-15-12(3,4)7-6-9-14-5/h14H,6-10,13H2,1-5H3. The highest BCUT2D eigenvalue weighted by atomic mass is 16.5. The molecule has 3 N–H and O–H groups in total. The Hall–Kier alpha value is -0.120. The average molecular weight is 216 g/mol. The number of nitrogens with two attached hydrogens (primary N) is 1. The lowest BCUT2D eigenvalue weighted by molar-refractivity contribution is -0.0301. The fourth-order valence-electron chi connectivity index (χ4n) is 1.35. The third-order valence-electron chi connectivity index (χ3n) is 2.44. The molecule has 0 saturated carbocycles. The second-order valence-corrected chi connectivity index (χ2v) is 5.55. The molecule has 3 heteroatoms. The van der Waals surface area contributed by atoms with E-state index >= 15 is 0 Å². The van der Waals surface area contributed by atoms with Gasteiger partial charge in [0.25, 0.3) is 0 Å². The molecule has 0 aromatic heterocycles. The van der Waals surface area contributed by atoms with E-state index in [1.807, 2.05) is 20.9 Å². The van der Waals surface area contributed by atoms with Gasteiger partial charge in [0.2, 0.25) is 0 Å². The van der Waals surface area contributed by atoms with Crippen LogP contribution < -0.4 is 11.1 Å². The summed E-state index contributed by atoms with van der Waals surface area (Å²) in [6.45, 7) is 10.2. The number of hydrogen-bond donors (Lipinski definition) is 2. The summed E-state index contributed by atoms with van der Waals surface area (Å²) in [7, 11) is 1.98. The minimum Gasteiger partial charge on any atom is -0.376 e. The van der Waals surface area contributed by atoms with Gasteiger partial charge in [-0.3, -0.25) is 0 Å². The normalized spacial score (nSPS) is 13.2. The van der Waals surface area contributed by atoms with Crippen molar-refractivity contribution in [1.29, 1.82) is 0 Å². The van der Waals surface area contributed by atoms with Crippen molar-refractivity contribution in [1.82, 2.24) is 5.32 Å². The van der Waals surface area contributed by atoms with Crippen LogP contribution in [0.4, 0.5) is 0 Å². The molecule has 0 aliphatic heterocycles. The molecule has 0 heterocycles. The molecule has 0 aliphatic carbocycles. The average Bonchev–Trinajstić information content (AvgIpc) is 2.01. The molecule has 0 amide bonds. The predicted octanol–water partition coefficient (Wildman–Crippen LogP) is 1.91. The second-order valence-electron chi connectivity index (χ2n) is 5.55. The molecule has 15 heavy (non-hydrogen) atoms. The minimum atomic E-state index is -0.124. The first kappa shape index (κ1) is 14.9. The van der Waals surface area contributed by atoms with E-state index in [1.54, 1.807) is 0 Å². The summed E-state index contributed by atoms with van der Waals surface area (Å²) in [6.07, 6.45) is 3.14. The van der Waals surface area contributed by atoms with Crippen LogP contribution in [-0.2, 0) is 4.74 Å². The van der Waals surface area contributed by atoms with E-state index in [9.17, 15) is 0 Å². The summed E-state index contributed by atoms with van der Waals surface area (Å²) in [4.78, 5) is 0. The number of rotatable bonds is 8. The quantitative estimate of drug-likeness (QED) is 0.609. The summed E-state index contributed by atoms with van der Waals surface area (Å²) >= 11 is 0. The SMILES string of the molecule is CNCCCC(C)(C)OCCC(C)(C)N. The van der Waals surface area contributed by atoms with E-state index in [-0.39, 0.29) is 11.1 Å². The molecule has 0 fully saturated rings. The fraction of sp³-hybridized carbons (Fsp3) is 1.00. The summed E-state index contributed by atoms with van der Waals surface area (Å²) in [5.74, 6) is 0. The second kappa shape index (κ2) is 6.46. The van der Waals surface area contributed by atoms with Crippen LogP contribution in [0.2, 0.25) is 0 Å². The maximum absolute atomic E-state index is 5.90. The van der Waals surface area contributed by atoms with Crippen molar-refractivity contribution in [2.45, 2.75) is 58.1 Å². The Balaban J connectivity index is 3.64. The van der Waals surface area contributed by atoms with E-state index in [2.05, 4.69) is 19.2 Å². The van der Waals surface area contributed by atoms with Gasteiger partial charge in [0.05, 0.1) is 5.60 Å². The molecular weight excluding hydrogens is 188 g/mol. The molecule has 0 saturated heterocycles. The van der Waals surface area contributed by atoms with E-state index in [1.165, 1.54) is 0 Å². The molecule has 92 valence electrons. The fourth-order valence-corrected chi connectivity index (χ4v) is 1.35. The van der Waals surface area contributed by atoms with Crippen LogP contribution in [0.25, 0.3) is 0 Å². The monoisotopic (exact) mass is 216 g/mol. The highest BCUT2D eigenvalue weighted by Gasteiger charge is 2.19. The van der Waals surface area contributed by atoms with Crippen molar-refractivity contribution in [3.8, 4) is 0 Å². The minimum absolute atomic E-state index is 0.0257. The van der Waals surface area contributed by atoms with Crippen LogP contribution in [0.5, 0.6) is 0 Å². The lowest BCUT2D eigenvalue weighted by Gasteiger charge is -2.27. The first-order valence-electron chi connectivity index (χ1n) is 5.84. The molecule has 0 bridgehead atoms. The maximum Gasteiger partial charge on any atom is 0.0627 e. The van der Waals surface area contributed by atoms with Gasteiger partial charge in [-0.05, 0) is 60.5 Å². The first-order chi connectivity index (χ1) is 6.77. The molecule has 0 atom stereocenters. The molecular formula is C12H28N2O. The third-order valence-corrected chi connectivity index (χ3v) is 2.44. The highest BCUT2D eigenvalue weighted by molar-refractivity contribution is 4.73. The van der Waals surface area contributed by atoms with Gasteiger partial charge in [0, 0.05) is 12.1 Å². The smallest absolute Gasteiger partial charge is 0.0627 e. The molecule has 0 aromatic rings. The van der Waals surface area contributed by atoms with Crippen molar-refractivity contribution >= 4 is 0 Å². The largest absolute Gasteiger partial charge is 0.376 e. The molecule has 0 rings (SSSR count). The summed E-state index contributed by atoms with van der Waals surface area (Å²) in [5.41, 5.74) is 5.75. The van der Waals surface area contributed by atoms with Crippen LogP contribution in [0.3, 0.4) is 0 Å². The summed E-state index contributed by atoms with van der Waals surface area (Å²) in [6, 6.07) is 0. The van der Waals surface area contributed by atoms with E-state index in [0.29, 0.717) is 0 Å². The van der Waals surface area contributed by atoms with Crippen LogP contribution in [0.15, 0.2) is 0 Å². The highest BCUT2D eigenvalue weighted by Crippen LogP contribution is 2.17. The molecule has 0 radical (unpaired) electrons. The number of hydrogen-bond acceptors (Lipinski definition) is 3. The van der Waals surface area contributed by atoms with Crippen LogP contribution >= 0.6 is 0 Å². The molecule has 0 aromatic carbocycles. The van der Waals surface area contributed by atoms with Gasteiger partial charge in [0.1, 0.15) is 0 Å². The Morgan fingerprint density at radius 2 is 1.73 bits per heavy atom. The van der Waals surface area contributed by atoms with E-state index < -0.39 is 0 Å². The molecule has 0 spiro atoms. The van der Waals surface area contributed by atoms with E-state index in [0.717, 1.165) is 32.4 Å². The third kappa shape index (κ3) is 10.2. The lowest BCUT2D eigenvalue weighted by atomic mass is 10.0. The van der Waals surface area contributed by atoms with Gasteiger partial charge in [-0.1, -0.05) is 0 Å². The van der Waals surface area contributed by atoms with Crippen LogP contribution in [-0.4, -0.2) is 31.3 Å².